The fraction of sp³-hybridized carbons (Fsp3) is 0.450. The Labute approximate surface area is 164 Å². The van der Waals surface area contributed by atoms with Crippen molar-refractivity contribution in [3.8, 4) is 0 Å². The average molecular weight is 393 g/mol. The standard InChI is InChI=1S/C20H25ClN2O2S/c1-15-7-8-18(16(2)13-15)26-19-6-4-3-5-17(19)22-9-11-23(12-10-22)20(24)25-14-21/h3-6,8,13,15H,7,9-12,14H2,1-2H3. The SMILES string of the molecule is CC1=CC(C)CC=C1Sc1ccccc1N1CCN(C(=O)OCCl)CC1. The number of rotatable bonds is 4. The van der Waals surface area contributed by atoms with Gasteiger partial charge in [-0.3, -0.25) is 0 Å². The molecular weight excluding hydrogens is 368 g/mol. The second-order valence-electron chi connectivity index (χ2n) is 6.69. The Bertz CT molecular complexity index is 712. The number of piperazine rings is 1. The highest BCUT2D eigenvalue weighted by Crippen LogP contribution is 2.40. The topological polar surface area (TPSA) is 32.8 Å². The van der Waals surface area contributed by atoms with E-state index in [-0.39, 0.29) is 12.2 Å². The van der Waals surface area contributed by atoms with E-state index in [0.29, 0.717) is 19.0 Å². The first-order valence-corrected chi connectivity index (χ1v) is 10.3. The Morgan fingerprint density at radius 3 is 2.69 bits per heavy atom. The summed E-state index contributed by atoms with van der Waals surface area (Å²) in [6, 6.07) is 8.41. The number of hydrogen-bond donors (Lipinski definition) is 0. The van der Waals surface area contributed by atoms with Gasteiger partial charge in [0.2, 0.25) is 0 Å². The fourth-order valence-corrected chi connectivity index (χ4v) is 4.53. The zero-order valence-corrected chi connectivity index (χ0v) is 16.9. The Kier molecular flexibility index (Phi) is 6.54. The van der Waals surface area contributed by atoms with Crippen molar-refractivity contribution in [2.75, 3.05) is 37.1 Å². The molecule has 1 atom stereocenters. The zero-order valence-electron chi connectivity index (χ0n) is 15.3. The van der Waals surface area contributed by atoms with Crippen molar-refractivity contribution in [3.63, 3.8) is 0 Å². The Hall–Kier alpha value is -1.59. The molecule has 1 aliphatic heterocycles. The van der Waals surface area contributed by atoms with Gasteiger partial charge in [-0.25, -0.2) is 4.79 Å². The van der Waals surface area contributed by atoms with Crippen LogP contribution in [0.2, 0.25) is 0 Å². The minimum atomic E-state index is -0.329. The first-order chi connectivity index (χ1) is 12.6. The van der Waals surface area contributed by atoms with E-state index in [4.69, 9.17) is 16.3 Å². The molecule has 1 fully saturated rings. The third kappa shape index (κ3) is 4.57. The van der Waals surface area contributed by atoms with Gasteiger partial charge in [0.15, 0.2) is 6.07 Å². The number of carbonyl (C=O) groups excluding carboxylic acids is 1. The highest BCUT2D eigenvalue weighted by atomic mass is 35.5. The van der Waals surface area contributed by atoms with Crippen LogP contribution in [0.15, 0.2) is 51.8 Å². The molecule has 1 unspecified atom stereocenters. The molecule has 0 aromatic heterocycles. The summed E-state index contributed by atoms with van der Waals surface area (Å²) in [5.74, 6) is 0.621. The van der Waals surface area contributed by atoms with Crippen molar-refractivity contribution in [1.29, 1.82) is 0 Å². The predicted molar refractivity (Wildman–Crippen MR) is 109 cm³/mol. The minimum Gasteiger partial charge on any atom is -0.433 e. The molecule has 1 aliphatic carbocycles. The lowest BCUT2D eigenvalue weighted by atomic mass is 9.99. The van der Waals surface area contributed by atoms with Crippen LogP contribution in [0.5, 0.6) is 0 Å². The highest BCUT2D eigenvalue weighted by Gasteiger charge is 2.24. The Morgan fingerprint density at radius 1 is 1.27 bits per heavy atom. The molecule has 1 heterocycles. The Morgan fingerprint density at radius 2 is 2.00 bits per heavy atom. The third-order valence-electron chi connectivity index (χ3n) is 4.74. The number of para-hydroxylation sites is 1. The van der Waals surface area contributed by atoms with Crippen molar-refractivity contribution in [1.82, 2.24) is 4.90 Å². The van der Waals surface area contributed by atoms with E-state index in [0.717, 1.165) is 19.5 Å². The molecule has 0 saturated carbocycles. The quantitative estimate of drug-likeness (QED) is 0.667. The Balaban J connectivity index is 1.69. The van der Waals surface area contributed by atoms with Gasteiger partial charge in [0, 0.05) is 36.0 Å². The van der Waals surface area contributed by atoms with Crippen LogP contribution in [0.4, 0.5) is 10.5 Å². The summed E-state index contributed by atoms with van der Waals surface area (Å²) < 4.78 is 4.88. The van der Waals surface area contributed by atoms with Crippen molar-refractivity contribution < 1.29 is 9.53 Å². The van der Waals surface area contributed by atoms with Crippen molar-refractivity contribution >= 4 is 35.1 Å². The lowest BCUT2D eigenvalue weighted by molar-refractivity contribution is 0.115. The third-order valence-corrected chi connectivity index (χ3v) is 6.12. The van der Waals surface area contributed by atoms with E-state index in [1.165, 1.54) is 21.1 Å². The smallest absolute Gasteiger partial charge is 0.411 e. The fourth-order valence-electron chi connectivity index (χ4n) is 3.34. The van der Waals surface area contributed by atoms with Crippen molar-refractivity contribution in [2.24, 2.45) is 5.92 Å². The molecule has 140 valence electrons. The number of allylic oxidation sites excluding steroid dienone is 3. The summed E-state index contributed by atoms with van der Waals surface area (Å²) >= 11 is 7.32. The molecule has 1 aromatic carbocycles. The maximum Gasteiger partial charge on any atom is 0.411 e. The van der Waals surface area contributed by atoms with E-state index in [1.54, 1.807) is 4.90 Å². The van der Waals surface area contributed by atoms with Gasteiger partial charge in [0.25, 0.3) is 0 Å². The van der Waals surface area contributed by atoms with Gasteiger partial charge in [-0.2, -0.15) is 0 Å². The van der Waals surface area contributed by atoms with Crippen LogP contribution in [-0.2, 0) is 4.74 Å². The molecular formula is C20H25ClN2O2S. The van der Waals surface area contributed by atoms with Crippen LogP contribution < -0.4 is 4.90 Å². The van der Waals surface area contributed by atoms with Gasteiger partial charge >= 0.3 is 6.09 Å². The van der Waals surface area contributed by atoms with Gasteiger partial charge in [0.05, 0.1) is 5.69 Å². The normalized spacial score (nSPS) is 20.5. The van der Waals surface area contributed by atoms with Gasteiger partial charge in [-0.1, -0.05) is 54.6 Å². The lowest BCUT2D eigenvalue weighted by Gasteiger charge is -2.36. The highest BCUT2D eigenvalue weighted by molar-refractivity contribution is 8.03. The van der Waals surface area contributed by atoms with E-state index in [2.05, 4.69) is 55.2 Å². The number of amides is 1. The van der Waals surface area contributed by atoms with Crippen molar-refractivity contribution in [2.45, 2.75) is 25.2 Å². The number of carbonyl (C=O) groups is 1. The number of alkyl halides is 1. The molecule has 1 aromatic rings. The molecule has 0 N–H and O–H groups in total. The molecule has 2 aliphatic rings. The molecule has 6 heteroatoms. The molecule has 0 bridgehead atoms. The van der Waals surface area contributed by atoms with Crippen LogP contribution in [0, 0.1) is 5.92 Å². The van der Waals surface area contributed by atoms with Gasteiger partial charge in [-0.15, -0.1) is 0 Å². The zero-order chi connectivity index (χ0) is 18.5. The van der Waals surface area contributed by atoms with E-state index < -0.39 is 0 Å². The number of ether oxygens (including phenoxy) is 1. The molecule has 4 nitrogen and oxygen atoms in total. The predicted octanol–water partition coefficient (Wildman–Crippen LogP) is 5.10. The van der Waals surface area contributed by atoms with Crippen LogP contribution >= 0.6 is 23.4 Å². The van der Waals surface area contributed by atoms with Crippen molar-refractivity contribution in [3.05, 3.63) is 46.9 Å². The largest absolute Gasteiger partial charge is 0.433 e. The van der Waals surface area contributed by atoms with E-state index in [1.807, 2.05) is 11.8 Å². The molecule has 3 rings (SSSR count). The second kappa shape index (κ2) is 8.87. The number of halogens is 1. The summed E-state index contributed by atoms with van der Waals surface area (Å²) in [4.78, 5) is 18.5. The number of hydrogen-bond acceptors (Lipinski definition) is 4. The van der Waals surface area contributed by atoms with Crippen LogP contribution in [-0.4, -0.2) is 43.2 Å². The monoisotopic (exact) mass is 392 g/mol. The van der Waals surface area contributed by atoms with Gasteiger partial charge in [-0.05, 0) is 37.0 Å². The number of nitrogens with zero attached hydrogens (tertiary/aromatic N) is 2. The molecule has 1 saturated heterocycles. The maximum absolute atomic E-state index is 11.8. The summed E-state index contributed by atoms with van der Waals surface area (Å²) in [6.07, 6.45) is 5.47. The van der Waals surface area contributed by atoms with Crippen LogP contribution in [0.25, 0.3) is 0 Å². The summed E-state index contributed by atoms with van der Waals surface area (Å²) in [6.45, 7) is 7.32. The first-order valence-electron chi connectivity index (χ1n) is 8.97. The van der Waals surface area contributed by atoms with E-state index >= 15 is 0 Å². The summed E-state index contributed by atoms with van der Waals surface area (Å²) in [5.41, 5.74) is 2.59. The second-order valence-corrected chi connectivity index (χ2v) is 8.00. The summed E-state index contributed by atoms with van der Waals surface area (Å²) in [5, 5.41) is 0. The van der Waals surface area contributed by atoms with Crippen LogP contribution in [0.1, 0.15) is 20.3 Å². The minimum absolute atomic E-state index is 0.0981. The molecule has 0 radical (unpaired) electrons. The van der Waals surface area contributed by atoms with Crippen LogP contribution in [0.3, 0.4) is 0 Å². The number of anilines is 1. The number of thioether (sulfide) groups is 1. The first kappa shape index (κ1) is 19.2. The van der Waals surface area contributed by atoms with E-state index in [9.17, 15) is 4.79 Å². The summed E-state index contributed by atoms with van der Waals surface area (Å²) in [7, 11) is 0. The molecule has 26 heavy (non-hydrogen) atoms. The maximum atomic E-state index is 11.8. The molecule has 1 amide bonds. The van der Waals surface area contributed by atoms with Gasteiger partial charge in [0.1, 0.15) is 0 Å². The molecule has 0 spiro atoms. The lowest BCUT2D eigenvalue weighted by Crippen LogP contribution is -2.49. The number of benzene rings is 1. The average Bonchev–Trinajstić information content (AvgIpc) is 2.65. The van der Waals surface area contributed by atoms with Gasteiger partial charge < -0.3 is 14.5 Å².